The fourth-order valence-corrected chi connectivity index (χ4v) is 2.96. The van der Waals surface area contributed by atoms with Crippen LogP contribution in [0.15, 0.2) is 0 Å². The highest BCUT2D eigenvalue weighted by Gasteiger charge is 2.42. The molecule has 82 valence electrons. The fourth-order valence-electron chi connectivity index (χ4n) is 2.96. The van der Waals surface area contributed by atoms with Gasteiger partial charge in [0, 0.05) is 6.54 Å². The van der Waals surface area contributed by atoms with E-state index in [4.69, 9.17) is 4.74 Å². The Kier molecular flexibility index (Phi) is 2.61. The Labute approximate surface area is 87.4 Å². The molecule has 2 unspecified atom stereocenters. The third-order valence-corrected chi connectivity index (χ3v) is 3.60. The summed E-state index contributed by atoms with van der Waals surface area (Å²) in [7, 11) is 0. The highest BCUT2D eigenvalue weighted by Crippen LogP contribution is 2.38. The quantitative estimate of drug-likeness (QED) is 0.644. The van der Waals surface area contributed by atoms with Crippen LogP contribution in [0, 0.1) is 5.92 Å². The van der Waals surface area contributed by atoms with Gasteiger partial charge in [0.1, 0.15) is 5.72 Å². The molecule has 2 fully saturated rings. The summed E-state index contributed by atoms with van der Waals surface area (Å²) in [5.74, 6) is 0.810. The summed E-state index contributed by atoms with van der Waals surface area (Å²) in [6.07, 6.45) is 6.19. The molecule has 2 aliphatic rings. The number of hydrogen-bond donors (Lipinski definition) is 1. The molecule has 2 atom stereocenters. The minimum Gasteiger partial charge on any atom is -0.355 e. The van der Waals surface area contributed by atoms with Crippen molar-refractivity contribution in [2.45, 2.75) is 64.2 Å². The van der Waals surface area contributed by atoms with Crippen molar-refractivity contribution < 1.29 is 4.74 Å². The zero-order chi connectivity index (χ0) is 10.2. The first-order chi connectivity index (χ1) is 6.52. The Bertz CT molecular complexity index is 210. The molecule has 0 aromatic carbocycles. The van der Waals surface area contributed by atoms with Crippen LogP contribution in [0.3, 0.4) is 0 Å². The predicted octanol–water partition coefficient (Wildman–Crippen LogP) is 2.68. The maximum absolute atomic E-state index is 6.26. The molecular weight excluding hydrogens is 174 g/mol. The lowest BCUT2D eigenvalue weighted by Gasteiger charge is -2.49. The van der Waals surface area contributed by atoms with Crippen LogP contribution in [0.4, 0.5) is 0 Å². The lowest BCUT2D eigenvalue weighted by Crippen LogP contribution is -2.59. The highest BCUT2D eigenvalue weighted by molar-refractivity contribution is 4.91. The molecule has 0 amide bonds. The van der Waals surface area contributed by atoms with Crippen LogP contribution in [-0.2, 0) is 4.74 Å². The Morgan fingerprint density at radius 3 is 2.71 bits per heavy atom. The number of ether oxygens (including phenoxy) is 1. The summed E-state index contributed by atoms with van der Waals surface area (Å²) < 4.78 is 6.26. The van der Waals surface area contributed by atoms with Gasteiger partial charge in [0.2, 0.25) is 0 Å². The minimum absolute atomic E-state index is 0.0133. The van der Waals surface area contributed by atoms with E-state index < -0.39 is 0 Å². The molecule has 0 aromatic heterocycles. The molecule has 2 nitrogen and oxygen atoms in total. The van der Waals surface area contributed by atoms with E-state index in [0.29, 0.717) is 0 Å². The second-order valence-corrected chi connectivity index (χ2v) is 5.73. The van der Waals surface area contributed by atoms with Gasteiger partial charge in [-0.05, 0) is 45.4 Å². The van der Waals surface area contributed by atoms with E-state index in [1.165, 1.54) is 25.7 Å². The average Bonchev–Trinajstić information content (AvgIpc) is 2.00. The molecule has 0 radical (unpaired) electrons. The Morgan fingerprint density at radius 1 is 1.29 bits per heavy atom. The van der Waals surface area contributed by atoms with E-state index in [1.807, 2.05) is 0 Å². The third kappa shape index (κ3) is 2.12. The number of rotatable bonds is 0. The van der Waals surface area contributed by atoms with Crippen LogP contribution >= 0.6 is 0 Å². The lowest BCUT2D eigenvalue weighted by molar-refractivity contribution is -0.204. The van der Waals surface area contributed by atoms with Crippen molar-refractivity contribution in [3.05, 3.63) is 0 Å². The SMILES string of the molecule is CC1CCCC2(C1)NCCC(C)(C)O2. The molecule has 1 saturated carbocycles. The van der Waals surface area contributed by atoms with E-state index in [1.54, 1.807) is 0 Å². The van der Waals surface area contributed by atoms with Gasteiger partial charge in [0.05, 0.1) is 5.60 Å². The van der Waals surface area contributed by atoms with Gasteiger partial charge >= 0.3 is 0 Å². The van der Waals surface area contributed by atoms with E-state index in [2.05, 4.69) is 26.1 Å². The molecule has 2 heteroatoms. The fraction of sp³-hybridized carbons (Fsp3) is 1.00. The molecular formula is C12H23NO. The molecule has 14 heavy (non-hydrogen) atoms. The van der Waals surface area contributed by atoms with Gasteiger partial charge in [-0.25, -0.2) is 0 Å². The first-order valence-electron chi connectivity index (χ1n) is 5.97. The van der Waals surface area contributed by atoms with Gasteiger partial charge in [0.25, 0.3) is 0 Å². The van der Waals surface area contributed by atoms with E-state index in [-0.39, 0.29) is 11.3 Å². The minimum atomic E-state index is 0.0133. The topological polar surface area (TPSA) is 21.3 Å². The van der Waals surface area contributed by atoms with Crippen LogP contribution < -0.4 is 5.32 Å². The molecule has 2 rings (SSSR count). The first kappa shape index (κ1) is 10.4. The number of hydrogen-bond acceptors (Lipinski definition) is 2. The molecule has 1 heterocycles. The summed E-state index contributed by atoms with van der Waals surface area (Å²) >= 11 is 0. The Hall–Kier alpha value is -0.0800. The zero-order valence-electron chi connectivity index (χ0n) is 9.73. The monoisotopic (exact) mass is 197 g/mol. The molecule has 0 aromatic rings. The molecule has 1 saturated heterocycles. The van der Waals surface area contributed by atoms with Crippen LogP contribution in [0.2, 0.25) is 0 Å². The normalized spacial score (nSPS) is 42.6. The van der Waals surface area contributed by atoms with Crippen LogP contribution in [0.5, 0.6) is 0 Å². The summed E-state index contributed by atoms with van der Waals surface area (Å²) in [4.78, 5) is 0. The van der Waals surface area contributed by atoms with Crippen molar-refractivity contribution in [1.82, 2.24) is 5.32 Å². The molecule has 1 aliphatic heterocycles. The highest BCUT2D eigenvalue weighted by atomic mass is 16.5. The number of nitrogens with one attached hydrogen (secondary N) is 1. The second-order valence-electron chi connectivity index (χ2n) is 5.73. The van der Waals surface area contributed by atoms with Gasteiger partial charge < -0.3 is 4.74 Å². The standard InChI is InChI=1S/C12H23NO/c1-10-5-4-6-12(9-10)13-8-7-11(2,3)14-12/h10,13H,4-9H2,1-3H3. The van der Waals surface area contributed by atoms with Crippen molar-refractivity contribution in [2.24, 2.45) is 5.92 Å². The Balaban J connectivity index is 2.06. The first-order valence-corrected chi connectivity index (χ1v) is 5.97. The maximum Gasteiger partial charge on any atom is 0.120 e. The van der Waals surface area contributed by atoms with Crippen molar-refractivity contribution in [3.63, 3.8) is 0 Å². The molecule has 1 aliphatic carbocycles. The third-order valence-electron chi connectivity index (χ3n) is 3.60. The molecule has 0 bridgehead atoms. The summed E-state index contributed by atoms with van der Waals surface area (Å²) in [6, 6.07) is 0. The van der Waals surface area contributed by atoms with Crippen molar-refractivity contribution in [1.29, 1.82) is 0 Å². The average molecular weight is 197 g/mol. The van der Waals surface area contributed by atoms with Gasteiger partial charge in [-0.1, -0.05) is 13.3 Å². The summed E-state index contributed by atoms with van der Waals surface area (Å²) in [5, 5.41) is 3.60. The van der Waals surface area contributed by atoms with Crippen molar-refractivity contribution in [2.75, 3.05) is 6.54 Å². The van der Waals surface area contributed by atoms with E-state index >= 15 is 0 Å². The van der Waals surface area contributed by atoms with Gasteiger partial charge in [-0.2, -0.15) is 0 Å². The van der Waals surface area contributed by atoms with Crippen LogP contribution in [-0.4, -0.2) is 17.9 Å². The van der Waals surface area contributed by atoms with E-state index in [0.717, 1.165) is 18.9 Å². The second kappa shape index (κ2) is 3.49. The van der Waals surface area contributed by atoms with Crippen molar-refractivity contribution in [3.8, 4) is 0 Å². The predicted molar refractivity (Wildman–Crippen MR) is 58.1 cm³/mol. The van der Waals surface area contributed by atoms with Crippen LogP contribution in [0.1, 0.15) is 52.9 Å². The van der Waals surface area contributed by atoms with Gasteiger partial charge in [-0.3, -0.25) is 5.32 Å². The van der Waals surface area contributed by atoms with Gasteiger partial charge in [0.15, 0.2) is 0 Å². The molecule has 1 N–H and O–H groups in total. The maximum atomic E-state index is 6.26. The largest absolute Gasteiger partial charge is 0.355 e. The smallest absolute Gasteiger partial charge is 0.120 e. The summed E-state index contributed by atoms with van der Waals surface area (Å²) in [6.45, 7) is 7.89. The summed E-state index contributed by atoms with van der Waals surface area (Å²) in [5.41, 5.74) is 0.0850. The zero-order valence-corrected chi connectivity index (χ0v) is 9.73. The molecule has 1 spiro atoms. The van der Waals surface area contributed by atoms with E-state index in [9.17, 15) is 0 Å². The van der Waals surface area contributed by atoms with Gasteiger partial charge in [-0.15, -0.1) is 0 Å². The van der Waals surface area contributed by atoms with Crippen LogP contribution in [0.25, 0.3) is 0 Å². The lowest BCUT2D eigenvalue weighted by atomic mass is 9.82. The Morgan fingerprint density at radius 2 is 2.07 bits per heavy atom. The van der Waals surface area contributed by atoms with Crippen molar-refractivity contribution >= 4 is 0 Å².